The SMILES string of the molecule is C.CC(=O)CC(N)CNNC(C)=O.CCOC1OC(=O)CC1N.[B]C(=O)C(N)CC(C)=O.[B]C(O)C(N)CC(C)=O. The molecule has 234 valence electrons. The van der Waals surface area contributed by atoms with Crippen LogP contribution in [0.25, 0.3) is 0 Å². The number of hydrogen-bond acceptors (Lipinski definition) is 14. The lowest BCUT2D eigenvalue weighted by atomic mass is 9.90. The van der Waals surface area contributed by atoms with E-state index in [9.17, 15) is 28.8 Å². The van der Waals surface area contributed by atoms with Crippen molar-refractivity contribution >= 4 is 50.6 Å². The molecule has 0 aliphatic carbocycles. The smallest absolute Gasteiger partial charge is 0.309 e. The lowest BCUT2D eigenvalue weighted by Gasteiger charge is -2.12. The van der Waals surface area contributed by atoms with E-state index in [-0.39, 0.29) is 68.0 Å². The Bertz CT molecular complexity index is 806. The van der Waals surface area contributed by atoms with E-state index < -0.39 is 30.1 Å². The van der Waals surface area contributed by atoms with Gasteiger partial charge < -0.3 is 42.3 Å². The number of ketones is 3. The van der Waals surface area contributed by atoms with Gasteiger partial charge in [0.2, 0.25) is 12.2 Å². The molecule has 6 atom stereocenters. The molecule has 0 saturated carbocycles. The van der Waals surface area contributed by atoms with Crippen LogP contribution in [-0.2, 0) is 38.2 Å². The minimum Gasteiger partial charge on any atom is -0.434 e. The number of ether oxygens (including phenoxy) is 2. The second-order valence-corrected chi connectivity index (χ2v) is 8.89. The van der Waals surface area contributed by atoms with Crippen molar-refractivity contribution in [3.05, 3.63) is 0 Å². The highest BCUT2D eigenvalue weighted by atomic mass is 16.7. The van der Waals surface area contributed by atoms with Crippen LogP contribution in [0.3, 0.4) is 0 Å². The summed E-state index contributed by atoms with van der Waals surface area (Å²) in [4.78, 5) is 62.2. The molecule has 1 saturated heterocycles. The van der Waals surface area contributed by atoms with Gasteiger partial charge in [0.15, 0.2) is 7.85 Å². The molecule has 1 aliphatic rings. The summed E-state index contributed by atoms with van der Waals surface area (Å²) in [6.07, 6.45) is 0.252. The lowest BCUT2D eigenvalue weighted by Crippen LogP contribution is -2.44. The molecule has 0 aromatic heterocycles. The van der Waals surface area contributed by atoms with Gasteiger partial charge in [0.1, 0.15) is 25.2 Å². The Balaban J connectivity index is -0.000000222. The number of amides is 1. The number of esters is 1. The van der Waals surface area contributed by atoms with Crippen LogP contribution in [0, 0.1) is 0 Å². The molecule has 0 spiro atoms. The third-order valence-electron chi connectivity index (χ3n) is 4.34. The summed E-state index contributed by atoms with van der Waals surface area (Å²) in [6.45, 7) is 8.40. The normalized spacial score (nSPS) is 18.0. The van der Waals surface area contributed by atoms with Crippen LogP contribution in [0.5, 0.6) is 0 Å². The van der Waals surface area contributed by atoms with E-state index in [1.165, 1.54) is 27.7 Å². The second kappa shape index (κ2) is 26.4. The van der Waals surface area contributed by atoms with Crippen LogP contribution < -0.4 is 33.8 Å². The maximum absolute atomic E-state index is 10.6. The fraction of sp³-hybridized carbons (Fsp3) is 0.750. The van der Waals surface area contributed by atoms with Gasteiger partial charge >= 0.3 is 5.97 Å². The molecule has 1 rings (SSSR count). The molecule has 1 amide bonds. The van der Waals surface area contributed by atoms with E-state index in [0.717, 1.165) is 0 Å². The van der Waals surface area contributed by atoms with Crippen molar-refractivity contribution < 1.29 is 43.3 Å². The summed E-state index contributed by atoms with van der Waals surface area (Å²) < 4.78 is 9.75. The molecule has 15 nitrogen and oxygen atoms in total. The van der Waals surface area contributed by atoms with Gasteiger partial charge in [-0.2, -0.15) is 0 Å². The predicted octanol–water partition coefficient (Wildman–Crippen LogP) is -3.04. The summed E-state index contributed by atoms with van der Waals surface area (Å²) in [6, 6.07) is -3.05. The molecule has 11 N–H and O–H groups in total. The molecule has 41 heavy (non-hydrogen) atoms. The molecule has 6 unspecified atom stereocenters. The van der Waals surface area contributed by atoms with E-state index >= 15 is 0 Å². The second-order valence-electron chi connectivity index (χ2n) is 8.89. The van der Waals surface area contributed by atoms with Gasteiger partial charge in [-0.3, -0.25) is 29.4 Å². The Morgan fingerprint density at radius 3 is 1.78 bits per heavy atom. The van der Waals surface area contributed by atoms with Crippen molar-refractivity contribution in [2.45, 2.75) is 104 Å². The van der Waals surface area contributed by atoms with E-state index in [4.69, 9.17) is 53.2 Å². The van der Waals surface area contributed by atoms with Gasteiger partial charge in [-0.15, -0.1) is 0 Å². The molecular weight excluding hydrogens is 538 g/mol. The zero-order chi connectivity index (χ0) is 32.0. The zero-order valence-electron chi connectivity index (χ0n) is 23.9. The number of cyclic esters (lactones) is 1. The Labute approximate surface area is 245 Å². The summed E-state index contributed by atoms with van der Waals surface area (Å²) in [5.41, 5.74) is 25.7. The third kappa shape index (κ3) is 31.9. The highest BCUT2D eigenvalue weighted by molar-refractivity contribution is 6.59. The quantitative estimate of drug-likeness (QED) is 0.0643. The molecular formula is C24H48B2N6O9. The van der Waals surface area contributed by atoms with Crippen molar-refractivity contribution in [1.82, 2.24) is 10.9 Å². The van der Waals surface area contributed by atoms with Crippen LogP contribution in [0.15, 0.2) is 0 Å². The maximum Gasteiger partial charge on any atom is 0.309 e. The highest BCUT2D eigenvalue weighted by Gasteiger charge is 2.32. The largest absolute Gasteiger partial charge is 0.434 e. The number of nitrogens with two attached hydrogens (primary N) is 4. The average molecular weight is 586 g/mol. The molecule has 0 aromatic rings. The van der Waals surface area contributed by atoms with Crippen molar-refractivity contribution in [3.8, 4) is 0 Å². The molecule has 0 bridgehead atoms. The van der Waals surface area contributed by atoms with Crippen LogP contribution in [-0.4, -0.2) is 105 Å². The van der Waals surface area contributed by atoms with E-state index in [1.807, 2.05) is 6.92 Å². The minimum absolute atomic E-state index is 0. The highest BCUT2D eigenvalue weighted by Crippen LogP contribution is 2.13. The number of hydrogen-bond donors (Lipinski definition) is 7. The molecule has 0 aromatic carbocycles. The van der Waals surface area contributed by atoms with Crippen LogP contribution in [0.2, 0.25) is 0 Å². The molecule has 1 fully saturated rings. The van der Waals surface area contributed by atoms with Crippen LogP contribution >= 0.6 is 0 Å². The Morgan fingerprint density at radius 1 is 1.02 bits per heavy atom. The van der Waals surface area contributed by atoms with Crippen LogP contribution in [0.1, 0.15) is 67.7 Å². The van der Waals surface area contributed by atoms with Gasteiger partial charge in [-0.1, -0.05) is 7.43 Å². The van der Waals surface area contributed by atoms with Gasteiger partial charge in [0.25, 0.3) is 0 Å². The number of Topliss-reactive ketones (excluding diaryl/α,β-unsaturated/α-hetero) is 3. The minimum atomic E-state index is -1.09. The van der Waals surface area contributed by atoms with E-state index in [0.29, 0.717) is 19.6 Å². The van der Waals surface area contributed by atoms with Crippen molar-refractivity contribution in [3.63, 3.8) is 0 Å². The number of carbonyl (C=O) groups is 6. The van der Waals surface area contributed by atoms with E-state index in [1.54, 1.807) is 0 Å². The Hall–Kier alpha value is -2.53. The molecule has 1 aliphatic heterocycles. The van der Waals surface area contributed by atoms with Crippen molar-refractivity contribution in [2.75, 3.05) is 13.2 Å². The Kier molecular flexibility index (Phi) is 29.2. The topological polar surface area (TPSA) is 269 Å². The summed E-state index contributed by atoms with van der Waals surface area (Å²) in [5.74, 6) is -0.587. The van der Waals surface area contributed by atoms with Gasteiger partial charge in [-0.25, -0.2) is 5.43 Å². The monoisotopic (exact) mass is 586 g/mol. The lowest BCUT2D eigenvalue weighted by molar-refractivity contribution is -0.162. The maximum atomic E-state index is 10.6. The van der Waals surface area contributed by atoms with Crippen molar-refractivity contribution in [1.29, 1.82) is 0 Å². The van der Waals surface area contributed by atoms with Gasteiger partial charge in [0, 0.05) is 57.4 Å². The number of aliphatic hydroxyl groups is 1. The number of aliphatic hydroxyl groups excluding tert-OH is 1. The summed E-state index contributed by atoms with van der Waals surface area (Å²) in [7, 11) is 9.73. The van der Waals surface area contributed by atoms with Crippen LogP contribution in [0.4, 0.5) is 0 Å². The molecule has 17 heteroatoms. The van der Waals surface area contributed by atoms with Crippen molar-refractivity contribution in [2.24, 2.45) is 22.9 Å². The number of rotatable bonds is 13. The fourth-order valence-corrected chi connectivity index (χ4v) is 2.49. The third-order valence-corrected chi connectivity index (χ3v) is 4.34. The first-order chi connectivity index (χ1) is 18.3. The predicted molar refractivity (Wildman–Crippen MR) is 155 cm³/mol. The molecule has 1 heterocycles. The number of hydrazine groups is 1. The van der Waals surface area contributed by atoms with Gasteiger partial charge in [0.05, 0.1) is 24.2 Å². The fourth-order valence-electron chi connectivity index (χ4n) is 2.49. The first-order valence-corrected chi connectivity index (χ1v) is 12.4. The average Bonchev–Trinajstić information content (AvgIpc) is 3.10. The standard InChI is InChI=1S/C7H15N3O2.C6H11NO3.C5H10BNO2.C5H8BNO2.CH4/c1-5(11)3-7(8)4-9-10-6(2)12;1-2-9-6-4(7)3-5(8)10-6;2*1-3(8)2-4(7)5(6)9;/h7,9H,3-4,8H2,1-2H3,(H,10,12);4,6H,2-3,7H2,1H3;4-5,9H,2,7H2,1H3;4H,2,7H2,1H3;1H4. The first-order valence-electron chi connectivity index (χ1n) is 12.4. The van der Waals surface area contributed by atoms with Gasteiger partial charge in [-0.05, 0) is 27.7 Å². The zero-order valence-corrected chi connectivity index (χ0v) is 23.9. The van der Waals surface area contributed by atoms with E-state index in [2.05, 4.69) is 10.9 Å². The summed E-state index contributed by atoms with van der Waals surface area (Å²) in [5, 5.41) is 8.57. The first kappa shape index (κ1) is 45.5. The number of carbonyl (C=O) groups excluding carboxylic acids is 6. The number of nitrogens with one attached hydrogen (secondary N) is 2. The Morgan fingerprint density at radius 2 is 1.51 bits per heavy atom. The summed E-state index contributed by atoms with van der Waals surface area (Å²) >= 11 is 0. The molecule has 4 radical (unpaired) electrons.